The summed E-state index contributed by atoms with van der Waals surface area (Å²) < 4.78 is 5.43. The Hall–Kier alpha value is -2.06. The zero-order valence-corrected chi connectivity index (χ0v) is 10.4. The number of benzene rings is 1. The molecule has 5 nitrogen and oxygen atoms in total. The standard InChI is InChI=1S/C13H16N2O3/c1-9(8-16)15-13(17)10(2)18-12-6-4-3-5-11(12)7-14/h3-6,9-10,16H,8H2,1-2H3,(H,15,17). The van der Waals surface area contributed by atoms with E-state index in [4.69, 9.17) is 15.1 Å². The molecular weight excluding hydrogens is 232 g/mol. The first-order valence-electron chi connectivity index (χ1n) is 5.65. The first-order valence-corrected chi connectivity index (χ1v) is 5.65. The Kier molecular flexibility index (Phi) is 5.15. The number of carbonyl (C=O) groups is 1. The maximum atomic E-state index is 11.7. The Balaban J connectivity index is 2.67. The molecule has 1 aromatic rings. The maximum Gasteiger partial charge on any atom is 0.261 e. The zero-order valence-electron chi connectivity index (χ0n) is 10.4. The minimum absolute atomic E-state index is 0.132. The van der Waals surface area contributed by atoms with Crippen LogP contribution in [0.3, 0.4) is 0 Å². The van der Waals surface area contributed by atoms with Crippen LogP contribution in [0.15, 0.2) is 24.3 Å². The summed E-state index contributed by atoms with van der Waals surface area (Å²) in [5, 5.41) is 20.3. The van der Waals surface area contributed by atoms with Gasteiger partial charge in [-0.2, -0.15) is 5.26 Å². The number of para-hydroxylation sites is 1. The first kappa shape index (κ1) is 14.0. The molecule has 0 aliphatic carbocycles. The molecule has 2 N–H and O–H groups in total. The molecule has 96 valence electrons. The van der Waals surface area contributed by atoms with Gasteiger partial charge in [0, 0.05) is 6.04 Å². The molecule has 1 aromatic carbocycles. The summed E-state index contributed by atoms with van der Waals surface area (Å²) in [6.07, 6.45) is -0.728. The highest BCUT2D eigenvalue weighted by atomic mass is 16.5. The number of aliphatic hydroxyl groups is 1. The molecular formula is C13H16N2O3. The van der Waals surface area contributed by atoms with Crippen molar-refractivity contribution in [3.8, 4) is 11.8 Å². The fourth-order valence-corrected chi connectivity index (χ4v) is 1.31. The molecule has 0 spiro atoms. The van der Waals surface area contributed by atoms with E-state index in [0.29, 0.717) is 11.3 Å². The lowest BCUT2D eigenvalue weighted by Crippen LogP contribution is -2.42. The summed E-state index contributed by atoms with van der Waals surface area (Å²) in [5.74, 6) is 0.0450. The van der Waals surface area contributed by atoms with Crippen LogP contribution in [-0.4, -0.2) is 29.8 Å². The van der Waals surface area contributed by atoms with Gasteiger partial charge in [-0.3, -0.25) is 4.79 Å². The van der Waals surface area contributed by atoms with E-state index in [1.165, 1.54) is 0 Å². The van der Waals surface area contributed by atoms with Crippen molar-refractivity contribution >= 4 is 5.91 Å². The quantitative estimate of drug-likeness (QED) is 0.808. The van der Waals surface area contributed by atoms with Gasteiger partial charge in [0.1, 0.15) is 11.8 Å². The first-order chi connectivity index (χ1) is 8.58. The van der Waals surface area contributed by atoms with E-state index in [9.17, 15) is 4.79 Å². The predicted octanol–water partition coefficient (Wildman–Crippen LogP) is 0.823. The van der Waals surface area contributed by atoms with Crippen LogP contribution in [0, 0.1) is 11.3 Å². The zero-order chi connectivity index (χ0) is 13.5. The van der Waals surface area contributed by atoms with Crippen molar-refractivity contribution in [1.82, 2.24) is 5.32 Å². The lowest BCUT2D eigenvalue weighted by Gasteiger charge is -2.17. The smallest absolute Gasteiger partial charge is 0.261 e. The van der Waals surface area contributed by atoms with Crippen LogP contribution in [0.2, 0.25) is 0 Å². The van der Waals surface area contributed by atoms with Gasteiger partial charge in [0.05, 0.1) is 12.2 Å². The van der Waals surface area contributed by atoms with Crippen LogP contribution < -0.4 is 10.1 Å². The summed E-state index contributed by atoms with van der Waals surface area (Å²) in [6.45, 7) is 3.15. The highest BCUT2D eigenvalue weighted by molar-refractivity contribution is 5.81. The van der Waals surface area contributed by atoms with Gasteiger partial charge in [-0.05, 0) is 26.0 Å². The topological polar surface area (TPSA) is 82.3 Å². The van der Waals surface area contributed by atoms with Crippen molar-refractivity contribution in [3.63, 3.8) is 0 Å². The third-order valence-corrected chi connectivity index (χ3v) is 2.34. The van der Waals surface area contributed by atoms with Crippen molar-refractivity contribution in [3.05, 3.63) is 29.8 Å². The molecule has 2 unspecified atom stereocenters. The number of nitrogens with zero attached hydrogens (tertiary/aromatic N) is 1. The monoisotopic (exact) mass is 248 g/mol. The largest absolute Gasteiger partial charge is 0.480 e. The number of aliphatic hydroxyl groups excluding tert-OH is 1. The Morgan fingerprint density at radius 2 is 2.17 bits per heavy atom. The van der Waals surface area contributed by atoms with E-state index in [-0.39, 0.29) is 18.6 Å². The van der Waals surface area contributed by atoms with E-state index in [0.717, 1.165) is 0 Å². The molecule has 0 radical (unpaired) electrons. The van der Waals surface area contributed by atoms with Crippen LogP contribution in [0.5, 0.6) is 5.75 Å². The van der Waals surface area contributed by atoms with E-state index in [1.54, 1.807) is 38.1 Å². The molecule has 5 heteroatoms. The van der Waals surface area contributed by atoms with Crippen molar-refractivity contribution < 1.29 is 14.6 Å². The number of amides is 1. The molecule has 0 saturated carbocycles. The Morgan fingerprint density at radius 3 is 2.78 bits per heavy atom. The van der Waals surface area contributed by atoms with Gasteiger partial charge in [-0.1, -0.05) is 12.1 Å². The highest BCUT2D eigenvalue weighted by Crippen LogP contribution is 2.18. The third-order valence-electron chi connectivity index (χ3n) is 2.34. The van der Waals surface area contributed by atoms with Gasteiger partial charge in [0.25, 0.3) is 5.91 Å². The molecule has 0 aliphatic rings. The molecule has 2 atom stereocenters. The van der Waals surface area contributed by atoms with E-state index < -0.39 is 6.10 Å². The minimum Gasteiger partial charge on any atom is -0.480 e. The Labute approximate surface area is 106 Å². The molecule has 0 fully saturated rings. The fraction of sp³-hybridized carbons (Fsp3) is 0.385. The Bertz CT molecular complexity index is 454. The summed E-state index contributed by atoms with van der Waals surface area (Å²) >= 11 is 0. The van der Waals surface area contributed by atoms with Crippen molar-refractivity contribution in [2.75, 3.05) is 6.61 Å². The van der Waals surface area contributed by atoms with E-state index >= 15 is 0 Å². The van der Waals surface area contributed by atoms with Crippen LogP contribution in [0.4, 0.5) is 0 Å². The third kappa shape index (κ3) is 3.75. The molecule has 18 heavy (non-hydrogen) atoms. The maximum absolute atomic E-state index is 11.7. The summed E-state index contributed by atoms with van der Waals surface area (Å²) in [4.78, 5) is 11.7. The minimum atomic E-state index is -0.728. The molecule has 0 bridgehead atoms. The van der Waals surface area contributed by atoms with Gasteiger partial charge < -0.3 is 15.2 Å². The van der Waals surface area contributed by atoms with Gasteiger partial charge in [0.2, 0.25) is 0 Å². The SMILES string of the molecule is CC(CO)NC(=O)C(C)Oc1ccccc1C#N. The molecule has 0 heterocycles. The van der Waals surface area contributed by atoms with Crippen LogP contribution >= 0.6 is 0 Å². The summed E-state index contributed by atoms with van der Waals surface area (Å²) in [7, 11) is 0. The average molecular weight is 248 g/mol. The normalized spacial score (nSPS) is 13.2. The lowest BCUT2D eigenvalue weighted by atomic mass is 10.2. The summed E-state index contributed by atoms with van der Waals surface area (Å²) in [5.41, 5.74) is 0.382. The van der Waals surface area contributed by atoms with Crippen LogP contribution in [-0.2, 0) is 4.79 Å². The lowest BCUT2D eigenvalue weighted by molar-refractivity contribution is -0.128. The van der Waals surface area contributed by atoms with Gasteiger partial charge in [-0.25, -0.2) is 0 Å². The van der Waals surface area contributed by atoms with Crippen LogP contribution in [0.1, 0.15) is 19.4 Å². The second kappa shape index (κ2) is 6.62. The summed E-state index contributed by atoms with van der Waals surface area (Å²) in [6, 6.07) is 8.39. The van der Waals surface area contributed by atoms with Crippen LogP contribution in [0.25, 0.3) is 0 Å². The predicted molar refractivity (Wildman–Crippen MR) is 65.9 cm³/mol. The van der Waals surface area contributed by atoms with Gasteiger partial charge >= 0.3 is 0 Å². The number of nitriles is 1. The molecule has 1 rings (SSSR count). The van der Waals surface area contributed by atoms with Crippen molar-refractivity contribution in [2.45, 2.75) is 26.0 Å². The van der Waals surface area contributed by atoms with Crippen molar-refractivity contribution in [1.29, 1.82) is 5.26 Å². The van der Waals surface area contributed by atoms with E-state index in [1.807, 2.05) is 6.07 Å². The van der Waals surface area contributed by atoms with Crippen molar-refractivity contribution in [2.24, 2.45) is 0 Å². The second-order valence-electron chi connectivity index (χ2n) is 3.96. The molecule has 1 amide bonds. The number of rotatable bonds is 5. The van der Waals surface area contributed by atoms with E-state index in [2.05, 4.69) is 5.32 Å². The molecule has 0 saturated heterocycles. The number of hydrogen-bond acceptors (Lipinski definition) is 4. The number of ether oxygens (including phenoxy) is 1. The second-order valence-corrected chi connectivity index (χ2v) is 3.96. The average Bonchev–Trinajstić information content (AvgIpc) is 2.39. The molecule has 0 aliphatic heterocycles. The highest BCUT2D eigenvalue weighted by Gasteiger charge is 2.17. The van der Waals surface area contributed by atoms with Gasteiger partial charge in [-0.15, -0.1) is 0 Å². The fourth-order valence-electron chi connectivity index (χ4n) is 1.31. The number of hydrogen-bond donors (Lipinski definition) is 2. The van der Waals surface area contributed by atoms with Gasteiger partial charge in [0.15, 0.2) is 6.10 Å². The Morgan fingerprint density at radius 1 is 1.50 bits per heavy atom. The number of nitrogens with one attached hydrogen (secondary N) is 1. The number of carbonyl (C=O) groups excluding carboxylic acids is 1. The molecule has 0 aromatic heterocycles.